The minimum atomic E-state index is -3.76. The predicted octanol–water partition coefficient (Wildman–Crippen LogP) is 8.76. The van der Waals surface area contributed by atoms with Crippen molar-refractivity contribution in [2.45, 2.75) is 24.3 Å². The molecule has 0 aromatic rings. The van der Waals surface area contributed by atoms with Gasteiger partial charge in [-0.25, -0.2) is 61.5 Å². The molecule has 2 aliphatic carbocycles. The smallest absolute Gasteiger partial charge is 0.233 e. The summed E-state index contributed by atoms with van der Waals surface area (Å²) in [4.78, 5) is 0. The molecule has 0 heterocycles. The second-order valence-corrected chi connectivity index (χ2v) is 6.86. The summed E-state index contributed by atoms with van der Waals surface area (Å²) in [6.45, 7) is -3.75. The Morgan fingerprint density at radius 2 is 1.28 bits per heavy atom. The molecule has 0 nitrogen and oxygen atoms in total. The summed E-state index contributed by atoms with van der Waals surface area (Å²) >= 11 is 0. The van der Waals surface area contributed by atoms with E-state index in [9.17, 15) is 65.9 Å². The van der Waals surface area contributed by atoms with Gasteiger partial charge < -0.3 is 0 Å². The van der Waals surface area contributed by atoms with Crippen LogP contribution in [0.25, 0.3) is 0 Å². The van der Waals surface area contributed by atoms with Gasteiger partial charge in [0.1, 0.15) is 24.5 Å². The Balaban J connectivity index is 0.00000316. The minimum absolute atomic E-state index is 0.399. The number of rotatable bonds is 6. The molecule has 0 aromatic heterocycles. The van der Waals surface area contributed by atoms with Gasteiger partial charge in [-0.2, -0.15) is 0 Å². The van der Waals surface area contributed by atoms with Crippen LogP contribution in [0.2, 0.25) is 5.82 Å². The maximum absolute atomic E-state index is 14.6. The number of allylic oxidation sites excluding steroid dienone is 13. The van der Waals surface area contributed by atoms with E-state index in [4.69, 9.17) is 0 Å². The summed E-state index contributed by atoms with van der Waals surface area (Å²) in [5, 5.41) is 0. The van der Waals surface area contributed by atoms with Gasteiger partial charge >= 0.3 is 0 Å². The van der Waals surface area contributed by atoms with Crippen molar-refractivity contribution in [3.05, 3.63) is 81.9 Å². The zero-order valence-corrected chi connectivity index (χ0v) is 17.5. The van der Waals surface area contributed by atoms with Crippen LogP contribution in [0, 0.1) is 0 Å². The van der Waals surface area contributed by atoms with Crippen molar-refractivity contribution in [2.24, 2.45) is 0 Å². The second-order valence-electron chi connectivity index (χ2n) is 6.86. The van der Waals surface area contributed by atoms with Crippen molar-refractivity contribution in [3.8, 4) is 0 Å². The van der Waals surface area contributed by atoms with Crippen LogP contribution >= 0.6 is 0 Å². The van der Waals surface area contributed by atoms with Gasteiger partial charge in [0.05, 0.1) is 7.18 Å². The van der Waals surface area contributed by atoms with Gasteiger partial charge in [-0.3, -0.25) is 4.39 Å². The molecular weight excluding hydrogens is 536 g/mol. The monoisotopic (exact) mass is 548 g/mol. The second kappa shape index (κ2) is 12.4. The van der Waals surface area contributed by atoms with Crippen LogP contribution in [0.3, 0.4) is 0 Å². The van der Waals surface area contributed by atoms with Crippen molar-refractivity contribution < 1.29 is 65.9 Å². The quantitative estimate of drug-likeness (QED) is 0.177. The van der Waals surface area contributed by atoms with Gasteiger partial charge in [0.2, 0.25) is 6.71 Å². The molecule has 16 heteroatoms. The van der Waals surface area contributed by atoms with Crippen molar-refractivity contribution in [3.63, 3.8) is 0 Å². The minimum Gasteiger partial charge on any atom is -0.255 e. The van der Waals surface area contributed by atoms with Crippen molar-refractivity contribution in [2.75, 3.05) is 13.9 Å². The predicted molar refractivity (Wildman–Crippen MR) is 101 cm³/mol. The molecule has 2 aliphatic rings. The van der Waals surface area contributed by atoms with E-state index in [2.05, 4.69) is 6.58 Å². The number of alkyl halides is 5. The zero-order chi connectivity index (χ0) is 28.2. The van der Waals surface area contributed by atoms with Gasteiger partial charge in [0, 0.05) is 5.82 Å². The highest BCUT2D eigenvalue weighted by atomic mass is 19.2. The lowest BCUT2D eigenvalue weighted by Crippen LogP contribution is -2.40. The largest absolute Gasteiger partial charge is 0.255 e. The average Bonchev–Trinajstić information content (AvgIpc) is 2.85. The van der Waals surface area contributed by atoms with Crippen LogP contribution in [0.4, 0.5) is 65.9 Å². The lowest BCUT2D eigenvalue weighted by molar-refractivity contribution is 0.166. The first-order valence-corrected chi connectivity index (χ1v) is 9.21. The first-order chi connectivity index (χ1) is 16.7. The Labute approximate surface area is 193 Å². The SMILES string of the molecule is C=C(F)/C(F)=C(F)\C(F)=C(/CF)B(C1=C(F)C(F)C(F)C(F)=C1F)C1C(F)=C(F)C(F)=CC1F.CF. The highest BCUT2D eigenvalue weighted by molar-refractivity contribution is 6.77. The fourth-order valence-electron chi connectivity index (χ4n) is 3.30. The molecule has 0 aromatic carbocycles. The third kappa shape index (κ3) is 5.61. The van der Waals surface area contributed by atoms with Crippen molar-refractivity contribution in [1.29, 1.82) is 0 Å². The third-order valence-corrected chi connectivity index (χ3v) is 4.90. The van der Waals surface area contributed by atoms with Crippen LogP contribution in [0.5, 0.6) is 0 Å². The number of hydrogen-bond donors (Lipinski definition) is 0. The normalized spacial score (nSPS) is 26.2. The molecule has 36 heavy (non-hydrogen) atoms. The molecule has 0 radical (unpaired) electrons. The molecule has 4 unspecified atom stereocenters. The molecular formula is C20H12BF15. The molecule has 0 N–H and O–H groups in total. The molecule has 0 aliphatic heterocycles. The summed E-state index contributed by atoms with van der Waals surface area (Å²) in [7, 11) is 0.500. The molecule has 4 atom stereocenters. The van der Waals surface area contributed by atoms with Crippen LogP contribution < -0.4 is 0 Å². The fraction of sp³-hybridized carbons (Fsp3) is 0.300. The molecule has 0 amide bonds. The van der Waals surface area contributed by atoms with E-state index in [0.29, 0.717) is 7.18 Å². The van der Waals surface area contributed by atoms with Crippen molar-refractivity contribution in [1.82, 2.24) is 0 Å². The summed E-state index contributed by atoms with van der Waals surface area (Å²) in [5.74, 6) is -29.9. The third-order valence-electron chi connectivity index (χ3n) is 4.90. The molecule has 0 saturated heterocycles. The van der Waals surface area contributed by atoms with E-state index in [-0.39, 0.29) is 0 Å². The van der Waals surface area contributed by atoms with E-state index < -0.39 is 113 Å². The first-order valence-electron chi connectivity index (χ1n) is 9.21. The summed E-state index contributed by atoms with van der Waals surface area (Å²) in [6, 6.07) is 0. The maximum Gasteiger partial charge on any atom is 0.233 e. The lowest BCUT2D eigenvalue weighted by Gasteiger charge is -2.32. The lowest BCUT2D eigenvalue weighted by atomic mass is 9.30. The van der Waals surface area contributed by atoms with Crippen molar-refractivity contribution >= 4 is 6.71 Å². The molecule has 0 fully saturated rings. The van der Waals surface area contributed by atoms with E-state index >= 15 is 0 Å². The van der Waals surface area contributed by atoms with Gasteiger partial charge in [0.15, 0.2) is 59.0 Å². The molecule has 2 rings (SSSR count). The number of hydrogen-bond acceptors (Lipinski definition) is 0. The van der Waals surface area contributed by atoms with Gasteiger partial charge in [-0.05, 0) is 17.0 Å². The van der Waals surface area contributed by atoms with Crippen LogP contribution in [-0.4, -0.2) is 39.1 Å². The fourth-order valence-corrected chi connectivity index (χ4v) is 3.30. The zero-order valence-electron chi connectivity index (χ0n) is 17.5. The first kappa shape index (κ1) is 31.2. The summed E-state index contributed by atoms with van der Waals surface area (Å²) < 4.78 is 204. The van der Waals surface area contributed by atoms with Crippen LogP contribution in [0.1, 0.15) is 0 Å². The molecule has 0 spiro atoms. The highest BCUT2D eigenvalue weighted by Gasteiger charge is 2.52. The Morgan fingerprint density at radius 1 is 0.778 bits per heavy atom. The van der Waals surface area contributed by atoms with E-state index in [1.165, 1.54) is 0 Å². The van der Waals surface area contributed by atoms with Gasteiger partial charge in [-0.15, -0.1) is 0 Å². The Hall–Kier alpha value is -2.81. The average molecular weight is 548 g/mol. The van der Waals surface area contributed by atoms with E-state index in [1.807, 2.05) is 0 Å². The van der Waals surface area contributed by atoms with Gasteiger partial charge in [0.25, 0.3) is 0 Å². The van der Waals surface area contributed by atoms with Crippen LogP contribution in [0.15, 0.2) is 81.9 Å². The summed E-state index contributed by atoms with van der Waals surface area (Å²) in [5.41, 5.74) is -4.54. The molecule has 0 saturated carbocycles. The maximum atomic E-state index is 14.6. The molecule has 0 bridgehead atoms. The van der Waals surface area contributed by atoms with E-state index in [1.54, 1.807) is 0 Å². The standard InChI is InChI=1S/C19H9BF14.CH3F/c1-4(22)10(25)16(31)11(26)5(3-21)20(8-6(23)2-7(24)12(27)13(8)28)9-14(29)17(32)19(34)18(33)15(9)30;1-2/h2,6,8,17,19H,1,3H2;1H3/b11-5-,16-10-;. The van der Waals surface area contributed by atoms with Gasteiger partial charge in [-0.1, -0.05) is 6.58 Å². The number of halogens is 15. The summed E-state index contributed by atoms with van der Waals surface area (Å²) in [6.07, 6.45) is -11.1. The molecule has 200 valence electrons. The Kier molecular flexibility index (Phi) is 10.8. The highest BCUT2D eigenvalue weighted by Crippen LogP contribution is 2.49. The van der Waals surface area contributed by atoms with Crippen LogP contribution in [-0.2, 0) is 0 Å². The van der Waals surface area contributed by atoms with E-state index in [0.717, 1.165) is 0 Å². The topological polar surface area (TPSA) is 0 Å². The Bertz CT molecular complexity index is 1080. The Morgan fingerprint density at radius 3 is 1.75 bits per heavy atom.